The maximum absolute atomic E-state index is 3.73. The van der Waals surface area contributed by atoms with Gasteiger partial charge in [-0.25, -0.2) is 0 Å². The van der Waals surface area contributed by atoms with Gasteiger partial charge in [0.25, 0.3) is 0 Å². The van der Waals surface area contributed by atoms with Crippen LogP contribution in [-0.4, -0.2) is 30.1 Å². The topological polar surface area (TPSA) is 15.3 Å². The van der Waals surface area contributed by atoms with Gasteiger partial charge in [0.05, 0.1) is 0 Å². The van der Waals surface area contributed by atoms with E-state index in [1.807, 2.05) is 0 Å². The van der Waals surface area contributed by atoms with E-state index < -0.39 is 0 Å². The zero-order chi connectivity index (χ0) is 14.4. The number of hydrogen-bond donors (Lipinski definition) is 1. The van der Waals surface area contributed by atoms with E-state index in [1.54, 1.807) is 0 Å². The molecule has 2 atom stereocenters. The number of rotatable bonds is 6. The van der Waals surface area contributed by atoms with Crippen LogP contribution in [0.2, 0.25) is 0 Å². The molecule has 0 spiro atoms. The van der Waals surface area contributed by atoms with Gasteiger partial charge in [-0.2, -0.15) is 0 Å². The van der Waals surface area contributed by atoms with Gasteiger partial charge in [0, 0.05) is 36.2 Å². The van der Waals surface area contributed by atoms with Crippen LogP contribution in [0.25, 0.3) is 0 Å². The monoisotopic (exact) mass is 338 g/mol. The summed E-state index contributed by atoms with van der Waals surface area (Å²) in [6.07, 6.45) is 5.10. The first-order chi connectivity index (χ1) is 9.74. The minimum Gasteiger partial charge on any atom is -0.311 e. The highest BCUT2D eigenvalue weighted by Gasteiger charge is 2.26. The van der Waals surface area contributed by atoms with Crippen molar-refractivity contribution in [1.29, 1.82) is 0 Å². The fourth-order valence-corrected chi connectivity index (χ4v) is 3.54. The van der Waals surface area contributed by atoms with Crippen LogP contribution < -0.4 is 5.32 Å². The summed E-state index contributed by atoms with van der Waals surface area (Å²) >= 11 is 3.69. The lowest BCUT2D eigenvalue weighted by molar-refractivity contribution is 0.111. The SMILES string of the molecule is CCCC1CN(Cc2ccccc2Br)C(CCC)CN1. The molecule has 1 fully saturated rings. The lowest BCUT2D eigenvalue weighted by Crippen LogP contribution is -2.55. The first-order valence-electron chi connectivity index (χ1n) is 7.95. The molecule has 0 bridgehead atoms. The second-order valence-corrected chi connectivity index (χ2v) is 6.71. The van der Waals surface area contributed by atoms with E-state index in [9.17, 15) is 0 Å². The Morgan fingerprint density at radius 2 is 1.95 bits per heavy atom. The second-order valence-electron chi connectivity index (χ2n) is 5.86. The molecule has 1 aliphatic heterocycles. The number of hydrogen-bond acceptors (Lipinski definition) is 2. The van der Waals surface area contributed by atoms with Crippen LogP contribution in [-0.2, 0) is 6.54 Å². The summed E-state index contributed by atoms with van der Waals surface area (Å²) in [4.78, 5) is 2.68. The molecular formula is C17H27BrN2. The largest absolute Gasteiger partial charge is 0.311 e. The van der Waals surface area contributed by atoms with Crippen molar-refractivity contribution in [3.8, 4) is 0 Å². The van der Waals surface area contributed by atoms with Gasteiger partial charge in [-0.05, 0) is 24.5 Å². The van der Waals surface area contributed by atoms with Crippen LogP contribution in [0.5, 0.6) is 0 Å². The Hall–Kier alpha value is -0.380. The molecule has 0 radical (unpaired) electrons. The van der Waals surface area contributed by atoms with E-state index in [-0.39, 0.29) is 0 Å². The molecule has 0 saturated carbocycles. The van der Waals surface area contributed by atoms with E-state index >= 15 is 0 Å². The van der Waals surface area contributed by atoms with Gasteiger partial charge in [-0.1, -0.05) is 60.8 Å². The summed E-state index contributed by atoms with van der Waals surface area (Å²) in [6.45, 7) is 7.95. The minimum absolute atomic E-state index is 0.663. The molecule has 1 aromatic rings. The Balaban J connectivity index is 2.05. The van der Waals surface area contributed by atoms with Crippen LogP contribution in [0, 0.1) is 0 Å². The molecule has 2 rings (SSSR count). The minimum atomic E-state index is 0.663. The van der Waals surface area contributed by atoms with Crippen molar-refractivity contribution in [2.45, 2.75) is 58.2 Å². The highest BCUT2D eigenvalue weighted by atomic mass is 79.9. The van der Waals surface area contributed by atoms with Crippen molar-refractivity contribution in [3.63, 3.8) is 0 Å². The predicted molar refractivity (Wildman–Crippen MR) is 89.9 cm³/mol. The molecule has 0 aliphatic carbocycles. The fourth-order valence-electron chi connectivity index (χ4n) is 3.13. The van der Waals surface area contributed by atoms with E-state index in [0.717, 1.165) is 13.1 Å². The Morgan fingerprint density at radius 3 is 2.65 bits per heavy atom. The number of halogens is 1. The number of nitrogens with one attached hydrogen (secondary N) is 1. The van der Waals surface area contributed by atoms with Crippen molar-refractivity contribution in [2.75, 3.05) is 13.1 Å². The van der Waals surface area contributed by atoms with Crippen LogP contribution in [0.15, 0.2) is 28.7 Å². The van der Waals surface area contributed by atoms with Gasteiger partial charge in [-0.3, -0.25) is 4.90 Å². The Labute approximate surface area is 132 Å². The molecule has 0 amide bonds. The van der Waals surface area contributed by atoms with Gasteiger partial charge in [0.15, 0.2) is 0 Å². The van der Waals surface area contributed by atoms with Crippen molar-refractivity contribution in [3.05, 3.63) is 34.3 Å². The van der Waals surface area contributed by atoms with E-state index in [2.05, 4.69) is 64.3 Å². The van der Waals surface area contributed by atoms with E-state index in [1.165, 1.54) is 42.3 Å². The summed E-state index contributed by atoms with van der Waals surface area (Å²) in [6, 6.07) is 9.96. The maximum Gasteiger partial charge on any atom is 0.0249 e. The highest BCUT2D eigenvalue weighted by molar-refractivity contribution is 9.10. The zero-order valence-corrected chi connectivity index (χ0v) is 14.3. The molecular weight excluding hydrogens is 312 g/mol. The van der Waals surface area contributed by atoms with Crippen LogP contribution in [0.3, 0.4) is 0 Å². The third-order valence-electron chi connectivity index (χ3n) is 4.20. The molecule has 1 heterocycles. The summed E-state index contributed by atoms with van der Waals surface area (Å²) in [5.41, 5.74) is 1.41. The standard InChI is InChI=1S/C17H27BrN2/c1-3-7-15-13-20(16(8-4-2)11-19-15)12-14-9-5-6-10-17(14)18/h5-6,9-10,15-16,19H,3-4,7-8,11-13H2,1-2H3. The van der Waals surface area contributed by atoms with Gasteiger partial charge < -0.3 is 5.32 Å². The third kappa shape index (κ3) is 4.31. The molecule has 2 unspecified atom stereocenters. The normalized spacial score (nSPS) is 23.9. The maximum atomic E-state index is 3.73. The van der Waals surface area contributed by atoms with E-state index in [0.29, 0.717) is 12.1 Å². The first-order valence-corrected chi connectivity index (χ1v) is 8.74. The fraction of sp³-hybridized carbons (Fsp3) is 0.647. The summed E-state index contributed by atoms with van der Waals surface area (Å²) in [5.74, 6) is 0. The summed E-state index contributed by atoms with van der Waals surface area (Å²) < 4.78 is 1.24. The van der Waals surface area contributed by atoms with Crippen LogP contribution in [0.4, 0.5) is 0 Å². The highest BCUT2D eigenvalue weighted by Crippen LogP contribution is 2.22. The molecule has 3 heteroatoms. The second kappa shape index (κ2) is 8.16. The smallest absolute Gasteiger partial charge is 0.0249 e. The van der Waals surface area contributed by atoms with Crippen molar-refractivity contribution < 1.29 is 0 Å². The molecule has 1 aromatic carbocycles. The Morgan fingerprint density at radius 1 is 1.20 bits per heavy atom. The Bertz CT molecular complexity index is 408. The number of piperazine rings is 1. The van der Waals surface area contributed by atoms with Gasteiger partial charge >= 0.3 is 0 Å². The molecule has 2 nitrogen and oxygen atoms in total. The predicted octanol–water partition coefficient (Wildman–Crippen LogP) is 4.19. The quantitative estimate of drug-likeness (QED) is 0.836. The molecule has 1 saturated heterocycles. The first kappa shape index (κ1) is 16.0. The molecule has 1 N–H and O–H groups in total. The average Bonchev–Trinajstić information content (AvgIpc) is 2.45. The molecule has 0 aromatic heterocycles. The summed E-state index contributed by atoms with van der Waals surface area (Å²) in [7, 11) is 0. The Kier molecular flexibility index (Phi) is 6.53. The van der Waals surface area contributed by atoms with Crippen molar-refractivity contribution >= 4 is 15.9 Å². The average molecular weight is 339 g/mol. The van der Waals surface area contributed by atoms with E-state index in [4.69, 9.17) is 0 Å². The summed E-state index contributed by atoms with van der Waals surface area (Å²) in [5, 5.41) is 3.73. The molecule has 20 heavy (non-hydrogen) atoms. The molecule has 1 aliphatic rings. The van der Waals surface area contributed by atoms with Crippen molar-refractivity contribution in [1.82, 2.24) is 10.2 Å². The van der Waals surface area contributed by atoms with Gasteiger partial charge in [0.1, 0.15) is 0 Å². The third-order valence-corrected chi connectivity index (χ3v) is 4.98. The number of nitrogens with zero attached hydrogens (tertiary/aromatic N) is 1. The lowest BCUT2D eigenvalue weighted by Gasteiger charge is -2.40. The lowest BCUT2D eigenvalue weighted by atomic mass is 10.0. The van der Waals surface area contributed by atoms with Crippen LogP contribution in [0.1, 0.15) is 45.1 Å². The zero-order valence-electron chi connectivity index (χ0n) is 12.7. The molecule has 112 valence electrons. The van der Waals surface area contributed by atoms with Gasteiger partial charge in [-0.15, -0.1) is 0 Å². The van der Waals surface area contributed by atoms with Gasteiger partial charge in [0.2, 0.25) is 0 Å². The number of benzene rings is 1. The van der Waals surface area contributed by atoms with Crippen LogP contribution >= 0.6 is 15.9 Å². The van der Waals surface area contributed by atoms with Crippen molar-refractivity contribution in [2.24, 2.45) is 0 Å².